The third kappa shape index (κ3) is 5.81. The van der Waals surface area contributed by atoms with Gasteiger partial charge in [-0.3, -0.25) is 0 Å². The molecule has 0 bridgehead atoms. The second kappa shape index (κ2) is 13.8. The molecule has 0 aliphatic heterocycles. The molecule has 270 valence electrons. The molecule has 0 spiro atoms. The van der Waals surface area contributed by atoms with Crippen molar-refractivity contribution in [2.45, 2.75) is 0 Å². The minimum Gasteiger partial charge on any atom is -0.456 e. The second-order valence-electron chi connectivity index (χ2n) is 14.3. The summed E-state index contributed by atoms with van der Waals surface area (Å²) in [6.07, 6.45) is 0. The van der Waals surface area contributed by atoms with Crippen molar-refractivity contribution in [3.63, 3.8) is 0 Å². The van der Waals surface area contributed by atoms with E-state index in [1.165, 1.54) is 20.2 Å². The monoisotopic (exact) mass is 758 g/mol. The summed E-state index contributed by atoms with van der Waals surface area (Å²) in [5, 5.41) is 14.6. The molecule has 0 aliphatic carbocycles. The first-order valence-electron chi connectivity index (χ1n) is 19.1. The molecule has 8 aromatic carbocycles. The van der Waals surface area contributed by atoms with Crippen LogP contribution in [0.5, 0.6) is 0 Å². The zero-order valence-electron chi connectivity index (χ0n) is 30.9. The molecule has 11 aromatic rings. The van der Waals surface area contributed by atoms with Gasteiger partial charge in [-0.05, 0) is 75.8 Å². The van der Waals surface area contributed by atoms with E-state index in [1.807, 2.05) is 78.9 Å². The van der Waals surface area contributed by atoms with Crippen molar-refractivity contribution >= 4 is 53.4 Å². The van der Waals surface area contributed by atoms with Gasteiger partial charge in [0.1, 0.15) is 11.2 Å². The Hall–Kier alpha value is -7.72. The first-order valence-corrected chi connectivity index (χ1v) is 19.9. The van der Waals surface area contributed by atoms with Crippen LogP contribution >= 0.6 is 11.3 Å². The molecule has 0 atom stereocenters. The number of benzene rings is 8. The predicted molar refractivity (Wildman–Crippen MR) is 237 cm³/mol. The number of thiophene rings is 1. The van der Waals surface area contributed by atoms with Gasteiger partial charge >= 0.3 is 0 Å². The standard InChI is InChI=1S/C52H30N4OS/c53-31-32-27-38(29-39(28-32)40-16-9-17-42-41-15-7-8-20-47(41)58-49(40)42)37-25-26-45-44(30-37)48-43(18-10-19-46(48)57-45)52-55-50(35-13-5-2-6-14-35)54-51(56-52)36-23-21-34(22-24-36)33-11-3-1-4-12-33/h1-30H. The molecule has 0 saturated carbocycles. The Morgan fingerprint density at radius 3 is 1.81 bits per heavy atom. The Balaban J connectivity index is 1.06. The van der Waals surface area contributed by atoms with Crippen LogP contribution in [0.3, 0.4) is 0 Å². The predicted octanol–water partition coefficient (Wildman–Crippen LogP) is 14.0. The van der Waals surface area contributed by atoms with Crippen LogP contribution in [-0.4, -0.2) is 15.0 Å². The van der Waals surface area contributed by atoms with Gasteiger partial charge in [0.05, 0.1) is 11.6 Å². The molecule has 0 unspecified atom stereocenters. The SMILES string of the molecule is N#Cc1cc(-c2ccc3oc4cccc(-c5nc(-c6ccccc6)nc(-c6ccc(-c7ccccc7)cc6)n5)c4c3c2)cc(-c2cccc3c2sc2ccccc23)c1. The van der Waals surface area contributed by atoms with Crippen molar-refractivity contribution in [2.75, 3.05) is 0 Å². The molecule has 0 N–H and O–H groups in total. The maximum absolute atomic E-state index is 10.2. The number of nitriles is 1. The molecule has 3 aromatic heterocycles. The van der Waals surface area contributed by atoms with Gasteiger partial charge in [0.2, 0.25) is 0 Å². The molecule has 5 nitrogen and oxygen atoms in total. The molecular formula is C52H30N4OS. The van der Waals surface area contributed by atoms with E-state index in [-0.39, 0.29) is 0 Å². The van der Waals surface area contributed by atoms with Gasteiger partial charge in [-0.2, -0.15) is 5.26 Å². The molecular weight excluding hydrogens is 729 g/mol. The Kier molecular flexibility index (Phi) is 7.99. The number of hydrogen-bond acceptors (Lipinski definition) is 6. The first-order chi connectivity index (χ1) is 28.7. The Morgan fingerprint density at radius 2 is 1.02 bits per heavy atom. The highest BCUT2D eigenvalue weighted by Crippen LogP contribution is 2.42. The van der Waals surface area contributed by atoms with Gasteiger partial charge in [-0.15, -0.1) is 11.3 Å². The van der Waals surface area contributed by atoms with Crippen LogP contribution in [0.25, 0.3) is 110 Å². The van der Waals surface area contributed by atoms with Crippen molar-refractivity contribution in [1.29, 1.82) is 5.26 Å². The number of hydrogen-bond donors (Lipinski definition) is 0. The summed E-state index contributed by atoms with van der Waals surface area (Å²) in [6, 6.07) is 64.5. The van der Waals surface area contributed by atoms with Gasteiger partial charge in [-0.25, -0.2) is 15.0 Å². The van der Waals surface area contributed by atoms with Crippen molar-refractivity contribution in [3.8, 4) is 73.6 Å². The molecule has 0 aliphatic rings. The summed E-state index contributed by atoms with van der Waals surface area (Å²) < 4.78 is 8.94. The van der Waals surface area contributed by atoms with Gasteiger partial charge in [0, 0.05) is 47.6 Å². The lowest BCUT2D eigenvalue weighted by Crippen LogP contribution is -2.00. The number of furan rings is 1. The van der Waals surface area contributed by atoms with Crippen LogP contribution < -0.4 is 0 Å². The maximum Gasteiger partial charge on any atom is 0.164 e. The van der Waals surface area contributed by atoms with Gasteiger partial charge in [0.15, 0.2) is 17.5 Å². The van der Waals surface area contributed by atoms with E-state index in [9.17, 15) is 5.26 Å². The van der Waals surface area contributed by atoms with E-state index in [4.69, 9.17) is 19.4 Å². The Bertz CT molecular complexity index is 3400. The largest absolute Gasteiger partial charge is 0.456 e. The quantitative estimate of drug-likeness (QED) is 0.169. The maximum atomic E-state index is 10.2. The molecule has 58 heavy (non-hydrogen) atoms. The summed E-state index contributed by atoms with van der Waals surface area (Å²) in [5.74, 6) is 1.73. The second-order valence-corrected chi connectivity index (χ2v) is 15.4. The molecule has 0 amide bonds. The van der Waals surface area contributed by atoms with E-state index in [1.54, 1.807) is 11.3 Å². The first kappa shape index (κ1) is 33.6. The third-order valence-electron chi connectivity index (χ3n) is 10.8. The molecule has 0 saturated heterocycles. The molecule has 11 rings (SSSR count). The smallest absolute Gasteiger partial charge is 0.164 e. The minimum atomic E-state index is 0.555. The molecule has 0 radical (unpaired) electrons. The van der Waals surface area contributed by atoms with Crippen LogP contribution in [0.1, 0.15) is 5.56 Å². The van der Waals surface area contributed by atoms with Crippen LogP contribution in [0.4, 0.5) is 0 Å². The van der Waals surface area contributed by atoms with Crippen LogP contribution in [0.2, 0.25) is 0 Å². The number of rotatable bonds is 6. The van der Waals surface area contributed by atoms with E-state index in [0.717, 1.165) is 72.0 Å². The Labute approximate surface area is 337 Å². The van der Waals surface area contributed by atoms with E-state index >= 15 is 0 Å². The summed E-state index contributed by atoms with van der Waals surface area (Å²) >= 11 is 1.79. The topological polar surface area (TPSA) is 75.6 Å². The highest BCUT2D eigenvalue weighted by atomic mass is 32.1. The average Bonchev–Trinajstić information content (AvgIpc) is 3.88. The van der Waals surface area contributed by atoms with Gasteiger partial charge in [-0.1, -0.05) is 140 Å². The Morgan fingerprint density at radius 1 is 0.414 bits per heavy atom. The van der Waals surface area contributed by atoms with Crippen molar-refractivity contribution < 1.29 is 4.42 Å². The van der Waals surface area contributed by atoms with Gasteiger partial charge in [0.25, 0.3) is 0 Å². The fraction of sp³-hybridized carbons (Fsp3) is 0. The zero-order chi connectivity index (χ0) is 38.6. The van der Waals surface area contributed by atoms with Crippen molar-refractivity contribution in [2.24, 2.45) is 0 Å². The van der Waals surface area contributed by atoms with Crippen LogP contribution in [0, 0.1) is 11.3 Å². The summed E-state index contributed by atoms with van der Waals surface area (Å²) in [7, 11) is 0. The van der Waals surface area contributed by atoms with E-state index in [0.29, 0.717) is 23.0 Å². The fourth-order valence-corrected chi connectivity index (χ4v) is 9.20. The van der Waals surface area contributed by atoms with Crippen LogP contribution in [-0.2, 0) is 0 Å². The number of fused-ring (bicyclic) bond motifs is 6. The normalized spacial score (nSPS) is 11.4. The average molecular weight is 759 g/mol. The highest BCUT2D eigenvalue weighted by Gasteiger charge is 2.19. The van der Waals surface area contributed by atoms with E-state index < -0.39 is 0 Å². The van der Waals surface area contributed by atoms with Crippen molar-refractivity contribution in [1.82, 2.24) is 15.0 Å². The highest BCUT2D eigenvalue weighted by molar-refractivity contribution is 7.26. The molecule has 6 heteroatoms. The third-order valence-corrected chi connectivity index (χ3v) is 12.0. The summed E-state index contributed by atoms with van der Waals surface area (Å²) in [5.41, 5.74) is 11.1. The number of nitrogens with zero attached hydrogens (tertiary/aromatic N) is 4. The summed E-state index contributed by atoms with van der Waals surface area (Å²) in [4.78, 5) is 15.2. The fourth-order valence-electron chi connectivity index (χ4n) is 7.97. The van der Waals surface area contributed by atoms with Gasteiger partial charge < -0.3 is 4.42 Å². The minimum absolute atomic E-state index is 0.555. The van der Waals surface area contributed by atoms with Crippen molar-refractivity contribution in [3.05, 3.63) is 188 Å². The molecule has 3 heterocycles. The molecule has 0 fully saturated rings. The van der Waals surface area contributed by atoms with Crippen LogP contribution in [0.15, 0.2) is 186 Å². The lowest BCUT2D eigenvalue weighted by molar-refractivity contribution is 0.669. The lowest BCUT2D eigenvalue weighted by atomic mass is 9.94. The zero-order valence-corrected chi connectivity index (χ0v) is 31.7. The lowest BCUT2D eigenvalue weighted by Gasteiger charge is -2.10. The van der Waals surface area contributed by atoms with E-state index in [2.05, 4.69) is 109 Å². The number of aromatic nitrogens is 3. The summed E-state index contributed by atoms with van der Waals surface area (Å²) in [6.45, 7) is 0.